The van der Waals surface area contributed by atoms with Gasteiger partial charge in [-0.15, -0.1) is 0 Å². The summed E-state index contributed by atoms with van der Waals surface area (Å²) < 4.78 is 1.69. The van der Waals surface area contributed by atoms with Gasteiger partial charge in [0.05, 0.1) is 14.7 Å². The summed E-state index contributed by atoms with van der Waals surface area (Å²) in [5.41, 5.74) is 2.37. The smallest absolute Gasteiger partial charge is 0.0796 e. The fourth-order valence-corrected chi connectivity index (χ4v) is 2.37. The van der Waals surface area contributed by atoms with Gasteiger partial charge in [-0.3, -0.25) is 0 Å². The Balaban J connectivity index is 2.86. The average molecular weight is 242 g/mol. The lowest BCUT2D eigenvalue weighted by molar-refractivity contribution is 0.585. The zero-order chi connectivity index (χ0) is 11.6. The molecule has 84 valence electrons. The lowest BCUT2D eigenvalue weighted by atomic mass is 9.83. The van der Waals surface area contributed by atoms with Gasteiger partial charge >= 0.3 is 0 Å². The zero-order valence-electron chi connectivity index (χ0n) is 9.73. The molecular weight excluding hydrogens is 224 g/mol. The largest absolute Gasteiger partial charge is 0.382 e. The minimum Gasteiger partial charge on any atom is -0.382 e. The first-order chi connectivity index (χ1) is 6.89. The first kappa shape index (κ1) is 12.7. The number of nitrogens with one attached hydrogen (secondary N) is 2. The summed E-state index contributed by atoms with van der Waals surface area (Å²) in [6, 6.07) is 0. The third-order valence-corrected chi connectivity index (χ3v) is 3.28. The van der Waals surface area contributed by atoms with Crippen LogP contribution < -0.4 is 10.6 Å². The Morgan fingerprint density at radius 2 is 1.67 bits per heavy atom. The van der Waals surface area contributed by atoms with Crippen molar-refractivity contribution in [3.05, 3.63) is 14.6 Å². The van der Waals surface area contributed by atoms with E-state index in [4.69, 9.17) is 24.4 Å². The highest BCUT2D eigenvalue weighted by Crippen LogP contribution is 2.36. The van der Waals surface area contributed by atoms with Crippen molar-refractivity contribution < 1.29 is 0 Å². The number of hydrogen-bond donors (Lipinski definition) is 2. The Hall–Kier alpha value is -0.320. The molecule has 1 rings (SSSR count). The van der Waals surface area contributed by atoms with Crippen molar-refractivity contribution in [2.24, 2.45) is 0 Å². The summed E-state index contributed by atoms with van der Waals surface area (Å²) in [6.45, 7) is 8.30. The SMILES string of the molecule is CNCCNc1c(C(C)(C)C)c(=S)c1=S. The molecule has 0 saturated heterocycles. The van der Waals surface area contributed by atoms with E-state index < -0.39 is 0 Å². The summed E-state index contributed by atoms with van der Waals surface area (Å²) >= 11 is 10.5. The topological polar surface area (TPSA) is 24.1 Å². The van der Waals surface area contributed by atoms with Gasteiger partial charge in [-0.1, -0.05) is 45.2 Å². The molecule has 2 N–H and O–H groups in total. The van der Waals surface area contributed by atoms with Gasteiger partial charge in [0.15, 0.2) is 0 Å². The maximum atomic E-state index is 5.28. The van der Waals surface area contributed by atoms with Crippen LogP contribution in [-0.2, 0) is 5.41 Å². The summed E-state index contributed by atoms with van der Waals surface area (Å²) in [6.07, 6.45) is 0. The Morgan fingerprint density at radius 3 is 2.13 bits per heavy atom. The van der Waals surface area contributed by atoms with Crippen LogP contribution in [0, 0.1) is 9.02 Å². The summed E-state index contributed by atoms with van der Waals surface area (Å²) in [5, 5.41) is 6.43. The molecule has 15 heavy (non-hydrogen) atoms. The molecule has 1 aromatic rings. The average Bonchev–Trinajstić information content (AvgIpc) is 2.13. The zero-order valence-corrected chi connectivity index (χ0v) is 11.4. The van der Waals surface area contributed by atoms with E-state index in [0.717, 1.165) is 27.8 Å². The Kier molecular flexibility index (Phi) is 3.98. The van der Waals surface area contributed by atoms with E-state index in [0.29, 0.717) is 0 Å². The predicted octanol–water partition coefficient (Wildman–Crippen LogP) is 2.95. The van der Waals surface area contributed by atoms with Gasteiger partial charge in [-0.05, 0) is 12.5 Å². The minimum absolute atomic E-state index is 0.0847. The second kappa shape index (κ2) is 4.68. The third kappa shape index (κ3) is 2.62. The highest BCUT2D eigenvalue weighted by Gasteiger charge is 2.25. The van der Waals surface area contributed by atoms with Gasteiger partial charge in [0.2, 0.25) is 0 Å². The van der Waals surface area contributed by atoms with Crippen LogP contribution in [-0.4, -0.2) is 20.1 Å². The molecule has 0 atom stereocenters. The second-order valence-electron chi connectivity index (χ2n) is 4.69. The van der Waals surface area contributed by atoms with Gasteiger partial charge in [0.25, 0.3) is 0 Å². The van der Waals surface area contributed by atoms with Crippen molar-refractivity contribution in [3.8, 4) is 0 Å². The molecule has 0 aliphatic carbocycles. The Morgan fingerprint density at radius 1 is 1.07 bits per heavy atom. The maximum Gasteiger partial charge on any atom is 0.0796 e. The van der Waals surface area contributed by atoms with Gasteiger partial charge in [0, 0.05) is 18.7 Å². The van der Waals surface area contributed by atoms with Crippen LogP contribution in [0.2, 0.25) is 0 Å². The van der Waals surface area contributed by atoms with E-state index >= 15 is 0 Å². The molecule has 0 unspecified atom stereocenters. The number of hydrogen-bond acceptors (Lipinski definition) is 4. The summed E-state index contributed by atoms with van der Waals surface area (Å²) in [4.78, 5) is 0. The normalized spacial score (nSPS) is 12.0. The molecule has 4 heteroatoms. The van der Waals surface area contributed by atoms with Gasteiger partial charge in [-0.2, -0.15) is 0 Å². The predicted molar refractivity (Wildman–Crippen MR) is 71.6 cm³/mol. The van der Waals surface area contributed by atoms with Gasteiger partial charge in [-0.25, -0.2) is 0 Å². The van der Waals surface area contributed by atoms with Crippen LogP contribution in [0.15, 0.2) is 0 Å². The maximum absolute atomic E-state index is 5.28. The van der Waals surface area contributed by atoms with E-state index in [1.165, 1.54) is 5.56 Å². The highest BCUT2D eigenvalue weighted by molar-refractivity contribution is 7.74. The van der Waals surface area contributed by atoms with Crippen LogP contribution in [0.1, 0.15) is 26.3 Å². The third-order valence-electron chi connectivity index (χ3n) is 2.34. The number of likely N-dealkylation sites (N-methyl/N-ethyl adjacent to an activating group) is 1. The molecule has 0 saturated carbocycles. The standard InChI is InChI=1S/C11H18N2S2/c1-11(2,3)7-8(10(15)9(7)14)13-6-5-12-4/h12-13H,5-6H2,1-4H3. The van der Waals surface area contributed by atoms with E-state index in [1.807, 2.05) is 7.05 Å². The van der Waals surface area contributed by atoms with Crippen LogP contribution in [0.25, 0.3) is 0 Å². The van der Waals surface area contributed by atoms with E-state index in [2.05, 4.69) is 31.4 Å². The van der Waals surface area contributed by atoms with Crippen molar-refractivity contribution in [1.82, 2.24) is 5.32 Å². The second-order valence-corrected chi connectivity index (χ2v) is 5.51. The van der Waals surface area contributed by atoms with Crippen LogP contribution >= 0.6 is 24.4 Å². The summed E-state index contributed by atoms with van der Waals surface area (Å²) in [5.74, 6) is 0. The lowest BCUT2D eigenvalue weighted by Crippen LogP contribution is -2.23. The molecule has 0 aliphatic heterocycles. The molecule has 0 aromatic heterocycles. The summed E-state index contributed by atoms with van der Waals surface area (Å²) in [7, 11) is 1.93. The fraction of sp³-hybridized carbons (Fsp3) is 0.636. The molecule has 0 aliphatic rings. The van der Waals surface area contributed by atoms with Crippen molar-refractivity contribution >= 4 is 30.1 Å². The molecular formula is C11H18N2S2. The molecule has 1 aromatic carbocycles. The van der Waals surface area contributed by atoms with Crippen molar-refractivity contribution in [1.29, 1.82) is 0 Å². The monoisotopic (exact) mass is 242 g/mol. The van der Waals surface area contributed by atoms with Gasteiger partial charge in [0.1, 0.15) is 0 Å². The number of anilines is 1. The van der Waals surface area contributed by atoms with E-state index in [1.54, 1.807) is 0 Å². The Labute approximate surface area is 102 Å². The van der Waals surface area contributed by atoms with E-state index in [-0.39, 0.29) is 5.41 Å². The van der Waals surface area contributed by atoms with Crippen LogP contribution in [0.4, 0.5) is 5.69 Å². The van der Waals surface area contributed by atoms with Crippen LogP contribution in [0.5, 0.6) is 0 Å². The Bertz CT molecular complexity index is 409. The van der Waals surface area contributed by atoms with Crippen molar-refractivity contribution in [3.63, 3.8) is 0 Å². The lowest BCUT2D eigenvalue weighted by Gasteiger charge is -2.26. The van der Waals surface area contributed by atoms with Crippen molar-refractivity contribution in [2.75, 3.05) is 25.5 Å². The van der Waals surface area contributed by atoms with Crippen LogP contribution in [0.3, 0.4) is 0 Å². The first-order valence-electron chi connectivity index (χ1n) is 5.12. The molecule has 2 nitrogen and oxygen atoms in total. The fourth-order valence-electron chi connectivity index (χ4n) is 1.59. The molecule has 0 fully saturated rings. The molecule has 0 radical (unpaired) electrons. The van der Waals surface area contributed by atoms with E-state index in [9.17, 15) is 0 Å². The molecule has 0 bridgehead atoms. The van der Waals surface area contributed by atoms with Crippen molar-refractivity contribution in [2.45, 2.75) is 26.2 Å². The number of rotatable bonds is 4. The first-order valence-corrected chi connectivity index (χ1v) is 5.93. The van der Waals surface area contributed by atoms with Gasteiger partial charge < -0.3 is 10.6 Å². The molecule has 0 spiro atoms. The minimum atomic E-state index is 0.0847. The molecule has 0 amide bonds. The molecule has 0 heterocycles. The highest BCUT2D eigenvalue weighted by atomic mass is 32.1. The quantitative estimate of drug-likeness (QED) is 0.626.